The minimum absolute atomic E-state index is 0.639. The first kappa shape index (κ1) is 12.5. The van der Waals surface area contributed by atoms with E-state index in [0.717, 1.165) is 35.3 Å². The second-order valence-corrected chi connectivity index (χ2v) is 5.28. The average Bonchev–Trinajstić information content (AvgIpc) is 2.67. The predicted molar refractivity (Wildman–Crippen MR) is 76.4 cm³/mol. The molecule has 0 bridgehead atoms. The van der Waals surface area contributed by atoms with Crippen LogP contribution >= 0.6 is 11.6 Å². The number of hydrogen-bond acceptors (Lipinski definition) is 3. The molecule has 1 aromatic carbocycles. The highest BCUT2D eigenvalue weighted by atomic mass is 35.5. The van der Waals surface area contributed by atoms with Crippen LogP contribution in [0.3, 0.4) is 0 Å². The van der Waals surface area contributed by atoms with Gasteiger partial charge in [0.05, 0.1) is 6.54 Å². The molecule has 1 aromatic heterocycles. The zero-order valence-electron chi connectivity index (χ0n) is 10.8. The van der Waals surface area contributed by atoms with Crippen LogP contribution in [0.15, 0.2) is 24.3 Å². The van der Waals surface area contributed by atoms with E-state index in [9.17, 15) is 0 Å². The fourth-order valence-electron chi connectivity index (χ4n) is 2.37. The van der Waals surface area contributed by atoms with Gasteiger partial charge in [0.25, 0.3) is 0 Å². The number of rotatable bonds is 3. The Morgan fingerprint density at radius 1 is 1.26 bits per heavy atom. The third-order valence-corrected chi connectivity index (χ3v) is 3.57. The topological polar surface area (TPSA) is 42.7 Å². The summed E-state index contributed by atoms with van der Waals surface area (Å²) in [6, 6.07) is 7.69. The summed E-state index contributed by atoms with van der Waals surface area (Å²) < 4.78 is 2.06. The van der Waals surface area contributed by atoms with Crippen molar-refractivity contribution in [3.8, 4) is 0 Å². The van der Waals surface area contributed by atoms with Gasteiger partial charge in [-0.25, -0.2) is 9.67 Å². The molecule has 1 aliphatic rings. The Labute approximate surface area is 117 Å². The SMILES string of the molecule is Clc1cccc(NCc2nc3n(n2)CCCCC3)c1. The molecule has 0 radical (unpaired) electrons. The van der Waals surface area contributed by atoms with Gasteiger partial charge in [-0.3, -0.25) is 0 Å². The van der Waals surface area contributed by atoms with Crippen LogP contribution in [0.25, 0.3) is 0 Å². The number of halogens is 1. The maximum atomic E-state index is 5.95. The summed E-state index contributed by atoms with van der Waals surface area (Å²) in [5.41, 5.74) is 0.998. The predicted octanol–water partition coefficient (Wildman–Crippen LogP) is 3.27. The third kappa shape index (κ3) is 3.07. The van der Waals surface area contributed by atoms with Crippen molar-refractivity contribution in [1.29, 1.82) is 0 Å². The van der Waals surface area contributed by atoms with Crippen molar-refractivity contribution in [2.45, 2.75) is 38.8 Å². The van der Waals surface area contributed by atoms with E-state index in [-0.39, 0.29) is 0 Å². The first-order chi connectivity index (χ1) is 9.31. The summed E-state index contributed by atoms with van der Waals surface area (Å²) in [6.45, 7) is 1.64. The van der Waals surface area contributed by atoms with Crippen molar-refractivity contribution in [1.82, 2.24) is 14.8 Å². The Morgan fingerprint density at radius 3 is 3.11 bits per heavy atom. The van der Waals surface area contributed by atoms with Crippen molar-refractivity contribution in [2.75, 3.05) is 5.32 Å². The number of nitrogens with zero attached hydrogens (tertiary/aromatic N) is 3. The number of hydrogen-bond donors (Lipinski definition) is 1. The molecule has 100 valence electrons. The Hall–Kier alpha value is -1.55. The van der Waals surface area contributed by atoms with Crippen LogP contribution in [-0.4, -0.2) is 14.8 Å². The summed E-state index contributed by atoms with van der Waals surface area (Å²) in [6.07, 6.45) is 4.75. The minimum atomic E-state index is 0.639. The van der Waals surface area contributed by atoms with Crippen molar-refractivity contribution in [3.63, 3.8) is 0 Å². The van der Waals surface area contributed by atoms with Crippen LogP contribution in [0.5, 0.6) is 0 Å². The Bertz CT molecular complexity index is 541. The second kappa shape index (κ2) is 5.61. The summed E-state index contributed by atoms with van der Waals surface area (Å²) in [7, 11) is 0. The van der Waals surface area contributed by atoms with Gasteiger partial charge in [-0.15, -0.1) is 0 Å². The monoisotopic (exact) mass is 276 g/mol. The standard InChI is InChI=1S/C14H17ClN4/c15-11-5-4-6-12(9-11)16-10-13-17-14-7-2-1-3-8-19(14)18-13/h4-6,9,16H,1-3,7-8,10H2. The molecule has 1 aliphatic heterocycles. The third-order valence-electron chi connectivity index (χ3n) is 3.34. The number of fused-ring (bicyclic) bond motifs is 1. The molecule has 0 spiro atoms. The van der Waals surface area contributed by atoms with Gasteiger partial charge in [-0.05, 0) is 31.0 Å². The molecular weight excluding hydrogens is 260 g/mol. The lowest BCUT2D eigenvalue weighted by Gasteiger charge is -2.03. The first-order valence-corrected chi connectivity index (χ1v) is 7.11. The van der Waals surface area contributed by atoms with E-state index in [0.29, 0.717) is 6.54 Å². The summed E-state index contributed by atoms with van der Waals surface area (Å²) in [5.74, 6) is 1.98. The highest BCUT2D eigenvalue weighted by Crippen LogP contribution is 2.16. The zero-order valence-corrected chi connectivity index (χ0v) is 11.5. The van der Waals surface area contributed by atoms with Gasteiger partial charge in [0.1, 0.15) is 5.82 Å². The maximum Gasteiger partial charge on any atom is 0.169 e. The van der Waals surface area contributed by atoms with Crippen molar-refractivity contribution in [3.05, 3.63) is 40.9 Å². The van der Waals surface area contributed by atoms with Gasteiger partial charge in [-0.1, -0.05) is 24.1 Å². The van der Waals surface area contributed by atoms with E-state index in [1.807, 2.05) is 24.3 Å². The number of anilines is 1. The fourth-order valence-corrected chi connectivity index (χ4v) is 2.56. The molecular formula is C14H17ClN4. The number of aromatic nitrogens is 3. The van der Waals surface area contributed by atoms with E-state index in [1.54, 1.807) is 0 Å². The maximum absolute atomic E-state index is 5.95. The Morgan fingerprint density at radius 2 is 2.21 bits per heavy atom. The van der Waals surface area contributed by atoms with Gasteiger partial charge < -0.3 is 5.32 Å². The summed E-state index contributed by atoms with van der Waals surface area (Å²) in [4.78, 5) is 4.60. The van der Waals surface area contributed by atoms with Crippen LogP contribution in [0.4, 0.5) is 5.69 Å². The van der Waals surface area contributed by atoms with E-state index in [4.69, 9.17) is 11.6 Å². The molecule has 0 unspecified atom stereocenters. The van der Waals surface area contributed by atoms with Crippen LogP contribution in [0.2, 0.25) is 5.02 Å². The lowest BCUT2D eigenvalue weighted by molar-refractivity contribution is 0.570. The van der Waals surface area contributed by atoms with Crippen LogP contribution in [0, 0.1) is 0 Å². The van der Waals surface area contributed by atoms with Gasteiger partial charge in [0, 0.05) is 23.7 Å². The molecule has 2 heterocycles. The van der Waals surface area contributed by atoms with Crippen LogP contribution in [-0.2, 0) is 19.5 Å². The Kier molecular flexibility index (Phi) is 3.69. The van der Waals surface area contributed by atoms with Crippen LogP contribution in [0.1, 0.15) is 30.9 Å². The lowest BCUT2D eigenvalue weighted by Crippen LogP contribution is -2.04. The quantitative estimate of drug-likeness (QED) is 0.936. The molecule has 5 heteroatoms. The molecule has 0 fully saturated rings. The van der Waals surface area contributed by atoms with E-state index < -0.39 is 0 Å². The molecule has 19 heavy (non-hydrogen) atoms. The molecule has 0 saturated heterocycles. The lowest BCUT2D eigenvalue weighted by atomic mass is 10.2. The molecule has 2 aromatic rings. The molecule has 0 saturated carbocycles. The van der Waals surface area contributed by atoms with E-state index >= 15 is 0 Å². The molecule has 0 aliphatic carbocycles. The normalized spacial score (nSPS) is 14.8. The summed E-state index contributed by atoms with van der Waals surface area (Å²) in [5, 5.41) is 8.60. The van der Waals surface area contributed by atoms with Crippen LogP contribution < -0.4 is 5.32 Å². The number of benzene rings is 1. The largest absolute Gasteiger partial charge is 0.378 e. The first-order valence-electron chi connectivity index (χ1n) is 6.73. The van der Waals surface area contributed by atoms with Gasteiger partial charge >= 0.3 is 0 Å². The molecule has 0 atom stereocenters. The highest BCUT2D eigenvalue weighted by Gasteiger charge is 2.12. The molecule has 4 nitrogen and oxygen atoms in total. The van der Waals surface area contributed by atoms with Crippen molar-refractivity contribution >= 4 is 17.3 Å². The van der Waals surface area contributed by atoms with Crippen molar-refractivity contribution in [2.24, 2.45) is 0 Å². The summed E-state index contributed by atoms with van der Waals surface area (Å²) >= 11 is 5.95. The van der Waals surface area contributed by atoms with Gasteiger partial charge in [-0.2, -0.15) is 5.10 Å². The molecule has 3 rings (SSSR count). The molecule has 1 N–H and O–H groups in total. The minimum Gasteiger partial charge on any atom is -0.378 e. The second-order valence-electron chi connectivity index (χ2n) is 4.84. The molecule has 0 amide bonds. The van der Waals surface area contributed by atoms with Gasteiger partial charge in [0.2, 0.25) is 0 Å². The van der Waals surface area contributed by atoms with E-state index in [1.165, 1.54) is 19.3 Å². The number of aryl methyl sites for hydroxylation is 2. The average molecular weight is 277 g/mol. The zero-order chi connectivity index (χ0) is 13.1. The Balaban J connectivity index is 1.67. The van der Waals surface area contributed by atoms with Gasteiger partial charge in [0.15, 0.2) is 5.82 Å². The fraction of sp³-hybridized carbons (Fsp3) is 0.429. The highest BCUT2D eigenvalue weighted by molar-refractivity contribution is 6.30. The van der Waals surface area contributed by atoms with E-state index in [2.05, 4.69) is 20.1 Å². The smallest absolute Gasteiger partial charge is 0.169 e. The number of nitrogens with one attached hydrogen (secondary N) is 1. The van der Waals surface area contributed by atoms with Crippen molar-refractivity contribution < 1.29 is 0 Å².